The van der Waals surface area contributed by atoms with E-state index in [4.69, 9.17) is 39.5 Å². The summed E-state index contributed by atoms with van der Waals surface area (Å²) in [7, 11) is -4.29. The highest BCUT2D eigenvalue weighted by Crippen LogP contribution is 2.33. The maximum Gasteiger partial charge on any atom is 0.264 e. The van der Waals surface area contributed by atoms with Gasteiger partial charge in [-0.2, -0.15) is 0 Å². The number of hydrogen-bond acceptors (Lipinski definition) is 5. The topological polar surface area (TPSA) is 96.0 Å². The number of likely N-dealkylation sites (N-methyl/N-ethyl adjacent to an activating group) is 1. The first-order valence-corrected chi connectivity index (χ1v) is 15.1. The van der Waals surface area contributed by atoms with Crippen LogP contribution < -0.4 is 14.4 Å². The highest BCUT2D eigenvalue weighted by molar-refractivity contribution is 7.92. The fourth-order valence-electron chi connectivity index (χ4n) is 3.95. The quantitative estimate of drug-likeness (QED) is 0.274. The molecule has 3 rings (SSSR count). The third kappa shape index (κ3) is 7.40. The SMILES string of the molecule is CCNC(=O)[C@@H](C)N(Cc1c(Cl)cccc1Cl)C(=O)CN(c1ccccc1OCC)S(=O)(=O)c1ccc(Cl)cc1. The maximum absolute atomic E-state index is 14.0. The fraction of sp³-hybridized carbons (Fsp3) is 0.286. The Morgan fingerprint density at radius 1 is 0.925 bits per heavy atom. The minimum absolute atomic E-state index is 0.0755. The van der Waals surface area contributed by atoms with Gasteiger partial charge in [0.1, 0.15) is 18.3 Å². The molecule has 0 aliphatic rings. The average Bonchev–Trinajstić information content (AvgIpc) is 2.92. The Bertz CT molecular complexity index is 1430. The molecule has 0 aromatic heterocycles. The molecule has 0 unspecified atom stereocenters. The van der Waals surface area contributed by atoms with Crippen molar-refractivity contribution in [2.45, 2.75) is 38.3 Å². The van der Waals surface area contributed by atoms with Crippen molar-refractivity contribution in [2.24, 2.45) is 0 Å². The molecule has 214 valence electrons. The first-order chi connectivity index (χ1) is 19.0. The van der Waals surface area contributed by atoms with Gasteiger partial charge >= 0.3 is 0 Å². The Balaban J connectivity index is 2.12. The second kappa shape index (κ2) is 14.1. The molecule has 0 saturated heterocycles. The number of nitrogens with one attached hydrogen (secondary N) is 1. The van der Waals surface area contributed by atoms with Crippen LogP contribution in [0.1, 0.15) is 26.3 Å². The highest BCUT2D eigenvalue weighted by Gasteiger charge is 2.34. The van der Waals surface area contributed by atoms with Gasteiger partial charge in [0.05, 0.1) is 17.2 Å². The lowest BCUT2D eigenvalue weighted by Crippen LogP contribution is -2.51. The molecule has 0 fully saturated rings. The third-order valence-electron chi connectivity index (χ3n) is 6.02. The summed E-state index contributed by atoms with van der Waals surface area (Å²) in [5, 5.41) is 3.67. The lowest BCUT2D eigenvalue weighted by molar-refractivity contribution is -0.139. The van der Waals surface area contributed by atoms with Gasteiger partial charge in [-0.05, 0) is 69.3 Å². The molecule has 1 N–H and O–H groups in total. The number of carbonyl (C=O) groups is 2. The van der Waals surface area contributed by atoms with Crippen LogP contribution in [-0.4, -0.2) is 50.9 Å². The van der Waals surface area contributed by atoms with Gasteiger partial charge in [-0.1, -0.05) is 53.0 Å². The molecule has 1 atom stereocenters. The van der Waals surface area contributed by atoms with E-state index in [0.717, 1.165) is 4.31 Å². The summed E-state index contributed by atoms with van der Waals surface area (Å²) in [5.41, 5.74) is 0.589. The van der Waals surface area contributed by atoms with Crippen LogP contribution in [0.2, 0.25) is 15.1 Å². The highest BCUT2D eigenvalue weighted by atomic mass is 35.5. The second-order valence-corrected chi connectivity index (χ2v) is 11.8. The summed E-state index contributed by atoms with van der Waals surface area (Å²) in [5.74, 6) is -0.799. The number of rotatable bonds is 12. The van der Waals surface area contributed by atoms with E-state index in [1.165, 1.54) is 29.2 Å². The summed E-state index contributed by atoms with van der Waals surface area (Å²) in [6, 6.07) is 16.1. The Morgan fingerprint density at radius 2 is 1.55 bits per heavy atom. The minimum atomic E-state index is -4.29. The minimum Gasteiger partial charge on any atom is -0.492 e. The first kappa shape index (κ1) is 31.5. The number of amides is 2. The van der Waals surface area contributed by atoms with Crippen LogP contribution in [0.3, 0.4) is 0 Å². The summed E-state index contributed by atoms with van der Waals surface area (Å²) >= 11 is 18.8. The fourth-order valence-corrected chi connectivity index (χ4v) is 6.01. The van der Waals surface area contributed by atoms with Crippen molar-refractivity contribution >= 4 is 62.3 Å². The van der Waals surface area contributed by atoms with Crippen molar-refractivity contribution in [2.75, 3.05) is 24.0 Å². The number of carbonyl (C=O) groups excluding carboxylic acids is 2. The Morgan fingerprint density at radius 3 is 2.15 bits per heavy atom. The van der Waals surface area contributed by atoms with Gasteiger partial charge in [0.25, 0.3) is 10.0 Å². The van der Waals surface area contributed by atoms with E-state index in [-0.39, 0.29) is 29.5 Å². The predicted octanol–water partition coefficient (Wildman–Crippen LogP) is 5.79. The van der Waals surface area contributed by atoms with E-state index in [1.807, 2.05) is 0 Å². The molecule has 3 aromatic carbocycles. The van der Waals surface area contributed by atoms with Crippen LogP contribution in [0.15, 0.2) is 71.6 Å². The molecule has 0 spiro atoms. The second-order valence-electron chi connectivity index (χ2n) is 8.66. The standard InChI is InChI=1S/C28H30Cl3N3O5S/c1-4-32-28(36)19(3)33(17-22-23(30)9-8-10-24(22)31)27(35)18-34(25-11-6-7-12-26(25)39-5-2)40(37,38)21-15-13-20(29)14-16-21/h6-16,19H,4-5,17-18H2,1-3H3,(H,32,36)/t19-/m1/s1. The van der Waals surface area contributed by atoms with E-state index < -0.39 is 34.4 Å². The number of anilines is 1. The van der Waals surface area contributed by atoms with Crippen molar-refractivity contribution in [1.82, 2.24) is 10.2 Å². The molecule has 3 aromatic rings. The van der Waals surface area contributed by atoms with Crippen molar-refractivity contribution in [3.05, 3.63) is 87.4 Å². The zero-order valence-corrected chi connectivity index (χ0v) is 25.3. The molecule has 12 heteroatoms. The van der Waals surface area contributed by atoms with Crippen molar-refractivity contribution < 1.29 is 22.7 Å². The zero-order valence-electron chi connectivity index (χ0n) is 22.2. The van der Waals surface area contributed by atoms with Crippen LogP contribution >= 0.6 is 34.8 Å². The van der Waals surface area contributed by atoms with Crippen molar-refractivity contribution in [1.29, 1.82) is 0 Å². The van der Waals surface area contributed by atoms with Crippen LogP contribution in [-0.2, 0) is 26.2 Å². The van der Waals surface area contributed by atoms with Crippen LogP contribution in [0.4, 0.5) is 5.69 Å². The lowest BCUT2D eigenvalue weighted by atomic mass is 10.1. The molecule has 0 saturated carbocycles. The van der Waals surface area contributed by atoms with Gasteiger partial charge in [0.15, 0.2) is 0 Å². The molecule has 40 heavy (non-hydrogen) atoms. The monoisotopic (exact) mass is 625 g/mol. The zero-order chi connectivity index (χ0) is 29.4. The van der Waals surface area contributed by atoms with Crippen molar-refractivity contribution in [3.63, 3.8) is 0 Å². The number of ether oxygens (including phenoxy) is 1. The Labute approximate surface area is 249 Å². The number of halogens is 3. The number of sulfonamides is 1. The van der Waals surface area contributed by atoms with E-state index in [2.05, 4.69) is 5.32 Å². The van der Waals surface area contributed by atoms with E-state index >= 15 is 0 Å². The Hall–Kier alpha value is -2.98. The van der Waals surface area contributed by atoms with Crippen LogP contribution in [0.25, 0.3) is 0 Å². The van der Waals surface area contributed by atoms with Gasteiger partial charge in [0.2, 0.25) is 11.8 Å². The van der Waals surface area contributed by atoms with Gasteiger partial charge in [-0.15, -0.1) is 0 Å². The van der Waals surface area contributed by atoms with E-state index in [1.54, 1.807) is 63.2 Å². The molecule has 0 aliphatic carbocycles. The largest absolute Gasteiger partial charge is 0.492 e. The number of nitrogens with zero attached hydrogens (tertiary/aromatic N) is 2. The lowest BCUT2D eigenvalue weighted by Gasteiger charge is -2.32. The van der Waals surface area contributed by atoms with Crippen LogP contribution in [0, 0.1) is 0 Å². The average molecular weight is 627 g/mol. The molecular weight excluding hydrogens is 597 g/mol. The van der Waals surface area contributed by atoms with Gasteiger partial charge in [-0.3, -0.25) is 13.9 Å². The summed E-state index contributed by atoms with van der Waals surface area (Å²) in [4.78, 5) is 28.0. The molecule has 2 amide bonds. The molecule has 0 heterocycles. The summed E-state index contributed by atoms with van der Waals surface area (Å²) in [6.45, 7) is 4.93. The number of hydrogen-bond donors (Lipinski definition) is 1. The first-order valence-electron chi connectivity index (χ1n) is 12.5. The third-order valence-corrected chi connectivity index (χ3v) is 8.76. The van der Waals surface area contributed by atoms with Crippen molar-refractivity contribution in [3.8, 4) is 5.75 Å². The number of para-hydroxylation sites is 2. The predicted molar refractivity (Wildman–Crippen MR) is 159 cm³/mol. The van der Waals surface area contributed by atoms with Crippen LogP contribution in [0.5, 0.6) is 5.75 Å². The molecular formula is C28H30Cl3N3O5S. The summed E-state index contributed by atoms with van der Waals surface area (Å²) in [6.07, 6.45) is 0. The normalized spacial score (nSPS) is 11.9. The maximum atomic E-state index is 14.0. The Kier molecular flexibility index (Phi) is 11.1. The van der Waals surface area contributed by atoms with Gasteiger partial charge < -0.3 is 15.0 Å². The smallest absolute Gasteiger partial charge is 0.264 e. The summed E-state index contributed by atoms with van der Waals surface area (Å²) < 4.78 is 34.6. The van der Waals surface area contributed by atoms with Gasteiger partial charge in [-0.25, -0.2) is 8.42 Å². The van der Waals surface area contributed by atoms with E-state index in [9.17, 15) is 18.0 Å². The van der Waals surface area contributed by atoms with Gasteiger partial charge in [0, 0.05) is 33.7 Å². The number of benzene rings is 3. The molecule has 8 nitrogen and oxygen atoms in total. The van der Waals surface area contributed by atoms with E-state index in [0.29, 0.717) is 27.2 Å². The molecule has 0 bridgehead atoms. The molecule has 0 aliphatic heterocycles. The molecule has 0 radical (unpaired) electrons.